The van der Waals surface area contributed by atoms with Gasteiger partial charge >= 0.3 is 0 Å². The van der Waals surface area contributed by atoms with Crippen LogP contribution in [0.25, 0.3) is 0 Å². The molecule has 1 aliphatic heterocycles. The Balaban J connectivity index is 1.96. The van der Waals surface area contributed by atoms with Crippen LogP contribution in [0.5, 0.6) is 0 Å². The van der Waals surface area contributed by atoms with Crippen LogP contribution < -0.4 is 0 Å². The fourth-order valence-corrected chi connectivity index (χ4v) is 2.76. The molecule has 2 rings (SSSR count). The molecule has 4 nitrogen and oxygen atoms in total. The summed E-state index contributed by atoms with van der Waals surface area (Å²) in [6.45, 7) is 5.97. The molecule has 2 unspecified atom stereocenters. The van der Waals surface area contributed by atoms with Crippen LogP contribution >= 0.6 is 23.3 Å². The van der Waals surface area contributed by atoms with Crippen molar-refractivity contribution >= 4 is 28.5 Å². The highest BCUT2D eigenvalue weighted by atomic mass is 32.2. The molecule has 1 amide bonds. The number of aromatic nitrogens is 2. The Morgan fingerprint density at radius 3 is 2.57 bits per heavy atom. The first-order valence-corrected chi connectivity index (χ1v) is 5.99. The Morgan fingerprint density at radius 2 is 2.14 bits per heavy atom. The van der Waals surface area contributed by atoms with Gasteiger partial charge in [0.1, 0.15) is 5.01 Å². The van der Waals surface area contributed by atoms with E-state index in [-0.39, 0.29) is 5.24 Å². The standard InChI is InChI=1S/C8H11N3OS2/c1-4-5(2)11(4)8(12)13-7-9-6(3)14-10-7/h4-5H,1-3H3. The molecule has 0 N–H and O–H groups in total. The zero-order valence-electron chi connectivity index (χ0n) is 8.22. The molecule has 0 aliphatic carbocycles. The molecule has 0 radical (unpaired) electrons. The van der Waals surface area contributed by atoms with E-state index in [1.54, 1.807) is 0 Å². The number of thioether (sulfide) groups is 1. The summed E-state index contributed by atoms with van der Waals surface area (Å²) in [5, 5.41) is 1.53. The lowest BCUT2D eigenvalue weighted by Gasteiger charge is -1.98. The number of hydrogen-bond donors (Lipinski definition) is 0. The van der Waals surface area contributed by atoms with Crippen LogP contribution in [0, 0.1) is 6.92 Å². The molecule has 1 fully saturated rings. The minimum absolute atomic E-state index is 0.0581. The average molecular weight is 229 g/mol. The monoisotopic (exact) mass is 229 g/mol. The number of carbonyl (C=O) groups excluding carboxylic acids is 1. The van der Waals surface area contributed by atoms with Crippen LogP contribution in [-0.4, -0.2) is 31.6 Å². The van der Waals surface area contributed by atoms with Crippen molar-refractivity contribution in [3.63, 3.8) is 0 Å². The van der Waals surface area contributed by atoms with Crippen molar-refractivity contribution in [1.82, 2.24) is 14.3 Å². The summed E-state index contributed by atoms with van der Waals surface area (Å²) in [6, 6.07) is 0.740. The molecule has 2 atom stereocenters. The van der Waals surface area contributed by atoms with Crippen molar-refractivity contribution in [2.75, 3.05) is 0 Å². The van der Waals surface area contributed by atoms with Gasteiger partial charge < -0.3 is 4.90 Å². The van der Waals surface area contributed by atoms with E-state index in [2.05, 4.69) is 9.36 Å². The van der Waals surface area contributed by atoms with Gasteiger partial charge in [-0.3, -0.25) is 4.79 Å². The summed E-state index contributed by atoms with van der Waals surface area (Å²) in [5.74, 6) is 0. The third kappa shape index (κ3) is 1.76. The van der Waals surface area contributed by atoms with Gasteiger partial charge in [-0.05, 0) is 32.3 Å². The van der Waals surface area contributed by atoms with Gasteiger partial charge in [0.15, 0.2) is 0 Å². The van der Waals surface area contributed by atoms with E-state index in [4.69, 9.17) is 0 Å². The largest absolute Gasteiger partial charge is 0.324 e. The fourth-order valence-electron chi connectivity index (χ4n) is 1.29. The van der Waals surface area contributed by atoms with E-state index in [0.717, 1.165) is 16.8 Å². The van der Waals surface area contributed by atoms with E-state index in [9.17, 15) is 4.79 Å². The van der Waals surface area contributed by atoms with Gasteiger partial charge in [-0.1, -0.05) is 0 Å². The Morgan fingerprint density at radius 1 is 1.50 bits per heavy atom. The summed E-state index contributed by atoms with van der Waals surface area (Å²) < 4.78 is 4.06. The Labute approximate surface area is 90.9 Å². The minimum atomic E-state index is 0.0581. The minimum Gasteiger partial charge on any atom is -0.324 e. The molecule has 0 saturated carbocycles. The van der Waals surface area contributed by atoms with Crippen LogP contribution in [-0.2, 0) is 0 Å². The maximum absolute atomic E-state index is 11.6. The summed E-state index contributed by atoms with van der Waals surface area (Å²) >= 11 is 2.45. The molecule has 1 aromatic heterocycles. The quantitative estimate of drug-likeness (QED) is 0.547. The predicted octanol–water partition coefficient (Wildman–Crippen LogP) is 2.15. The van der Waals surface area contributed by atoms with E-state index < -0.39 is 0 Å². The van der Waals surface area contributed by atoms with Crippen molar-refractivity contribution in [3.8, 4) is 0 Å². The first kappa shape index (κ1) is 9.92. The molecular weight excluding hydrogens is 218 g/mol. The first-order chi connectivity index (χ1) is 6.59. The molecular formula is C8H11N3OS2. The summed E-state index contributed by atoms with van der Waals surface area (Å²) in [5.41, 5.74) is 0. The smallest absolute Gasteiger partial charge is 0.290 e. The zero-order valence-corrected chi connectivity index (χ0v) is 9.85. The Bertz CT molecular complexity index is 357. The molecule has 1 aliphatic rings. The second-order valence-electron chi connectivity index (χ2n) is 3.35. The third-order valence-electron chi connectivity index (χ3n) is 2.38. The number of amides is 1. The van der Waals surface area contributed by atoms with Crippen molar-refractivity contribution in [2.45, 2.75) is 38.0 Å². The second kappa shape index (κ2) is 3.51. The lowest BCUT2D eigenvalue weighted by atomic mass is 10.4. The highest BCUT2D eigenvalue weighted by Crippen LogP contribution is 2.33. The number of hydrogen-bond acceptors (Lipinski definition) is 5. The van der Waals surface area contributed by atoms with Crippen molar-refractivity contribution in [2.24, 2.45) is 0 Å². The summed E-state index contributed by atoms with van der Waals surface area (Å²) in [4.78, 5) is 17.6. The lowest BCUT2D eigenvalue weighted by Crippen LogP contribution is -2.07. The van der Waals surface area contributed by atoms with Gasteiger partial charge in [0.05, 0.1) is 12.1 Å². The molecule has 6 heteroatoms. The summed E-state index contributed by atoms with van der Waals surface area (Å²) in [6.07, 6.45) is 0. The highest BCUT2D eigenvalue weighted by molar-refractivity contribution is 8.13. The van der Waals surface area contributed by atoms with Crippen LogP contribution in [0.3, 0.4) is 0 Å². The Hall–Kier alpha value is -0.620. The van der Waals surface area contributed by atoms with Gasteiger partial charge in [-0.25, -0.2) is 4.98 Å². The zero-order chi connectivity index (χ0) is 10.3. The molecule has 76 valence electrons. The SMILES string of the molecule is Cc1nc(SC(=O)N2C(C)C2C)ns1. The number of nitrogens with zero attached hydrogens (tertiary/aromatic N) is 3. The van der Waals surface area contributed by atoms with Crippen molar-refractivity contribution in [1.29, 1.82) is 0 Å². The summed E-state index contributed by atoms with van der Waals surface area (Å²) in [7, 11) is 0. The molecule has 1 aromatic rings. The second-order valence-corrected chi connectivity index (χ2v) is 5.23. The molecule has 14 heavy (non-hydrogen) atoms. The van der Waals surface area contributed by atoms with Crippen LogP contribution in [0.2, 0.25) is 0 Å². The molecule has 0 bridgehead atoms. The maximum atomic E-state index is 11.6. The van der Waals surface area contributed by atoms with Crippen molar-refractivity contribution in [3.05, 3.63) is 5.01 Å². The van der Waals surface area contributed by atoms with Gasteiger partial charge in [0.25, 0.3) is 5.24 Å². The van der Waals surface area contributed by atoms with Crippen LogP contribution in [0.1, 0.15) is 18.9 Å². The molecule has 0 spiro atoms. The fraction of sp³-hybridized carbons (Fsp3) is 0.625. The topological polar surface area (TPSA) is 45.9 Å². The van der Waals surface area contributed by atoms with Gasteiger partial charge in [-0.15, -0.1) is 0 Å². The van der Waals surface area contributed by atoms with Gasteiger partial charge in [0.2, 0.25) is 5.16 Å². The van der Waals surface area contributed by atoms with Gasteiger partial charge in [-0.2, -0.15) is 4.37 Å². The average Bonchev–Trinajstić information content (AvgIpc) is 2.55. The lowest BCUT2D eigenvalue weighted by molar-refractivity contribution is 0.248. The van der Waals surface area contributed by atoms with E-state index in [0.29, 0.717) is 17.2 Å². The first-order valence-electron chi connectivity index (χ1n) is 4.40. The van der Waals surface area contributed by atoms with Crippen LogP contribution in [0.15, 0.2) is 5.16 Å². The Kier molecular flexibility index (Phi) is 2.48. The van der Waals surface area contributed by atoms with Crippen molar-refractivity contribution < 1.29 is 4.79 Å². The molecule has 0 aromatic carbocycles. The van der Waals surface area contributed by atoms with Gasteiger partial charge in [0, 0.05) is 11.8 Å². The number of rotatable bonds is 1. The number of aryl methyl sites for hydroxylation is 1. The third-order valence-corrected chi connectivity index (χ3v) is 3.87. The number of carbonyl (C=O) groups is 1. The maximum Gasteiger partial charge on any atom is 0.290 e. The molecule has 1 saturated heterocycles. The molecule has 2 heterocycles. The predicted molar refractivity (Wildman–Crippen MR) is 56.7 cm³/mol. The highest BCUT2D eigenvalue weighted by Gasteiger charge is 2.44. The van der Waals surface area contributed by atoms with E-state index in [1.165, 1.54) is 11.5 Å². The van der Waals surface area contributed by atoms with E-state index >= 15 is 0 Å². The van der Waals surface area contributed by atoms with Crippen LogP contribution in [0.4, 0.5) is 4.79 Å². The normalized spacial score (nSPS) is 25.2. The van der Waals surface area contributed by atoms with E-state index in [1.807, 2.05) is 25.7 Å².